The number of rotatable bonds is 3. The molecule has 1 unspecified atom stereocenters. The Kier molecular flexibility index (Phi) is 4.68. The molecule has 2 aromatic heterocycles. The molecular weight excluding hydrogens is 400 g/mol. The van der Waals surface area contributed by atoms with Crippen LogP contribution in [-0.4, -0.2) is 15.8 Å². The summed E-state index contributed by atoms with van der Waals surface area (Å²) in [6, 6.07) is 6.15. The van der Waals surface area contributed by atoms with Crippen molar-refractivity contribution in [1.29, 1.82) is 0 Å². The topological polar surface area (TPSA) is 111 Å². The number of fused-ring (bicyclic) bond motifs is 2. The van der Waals surface area contributed by atoms with Gasteiger partial charge in [-0.15, -0.1) is 11.3 Å². The average molecular weight is 417 g/mol. The van der Waals surface area contributed by atoms with E-state index in [-0.39, 0.29) is 16.4 Å². The first-order valence-electron chi connectivity index (χ1n) is 8.79. The van der Waals surface area contributed by atoms with Gasteiger partial charge >= 0.3 is 0 Å². The van der Waals surface area contributed by atoms with Crippen LogP contribution in [0.2, 0.25) is 5.02 Å². The second-order valence-corrected chi connectivity index (χ2v) is 8.42. The highest BCUT2D eigenvalue weighted by molar-refractivity contribution is 7.21. The molecule has 1 aromatic carbocycles. The van der Waals surface area contributed by atoms with E-state index < -0.39 is 10.8 Å². The number of aryl methyl sites for hydroxylation is 1. The molecule has 0 bridgehead atoms. The fraction of sp³-hybridized carbons (Fsp3) is 0.263. The molecule has 0 saturated carbocycles. The van der Waals surface area contributed by atoms with Gasteiger partial charge in [0.1, 0.15) is 14.7 Å². The number of thiophene rings is 1. The van der Waals surface area contributed by atoms with Crippen LogP contribution in [0, 0.1) is 16.0 Å². The first-order chi connectivity index (χ1) is 13.3. The van der Waals surface area contributed by atoms with Crippen LogP contribution in [-0.2, 0) is 12.8 Å². The third-order valence-corrected chi connectivity index (χ3v) is 6.37. The summed E-state index contributed by atoms with van der Waals surface area (Å²) in [7, 11) is 0. The van der Waals surface area contributed by atoms with E-state index in [1.54, 1.807) is 0 Å². The first-order valence-corrected chi connectivity index (χ1v) is 9.99. The average Bonchev–Trinajstić information content (AvgIpc) is 2.97. The molecule has 4 rings (SSSR count). The number of benzene rings is 1. The zero-order valence-electron chi connectivity index (χ0n) is 15.0. The number of nitrogens with one attached hydrogen (secondary N) is 1. The number of carbonyl (C=O) groups excluding carboxylic acids is 1. The lowest BCUT2D eigenvalue weighted by Gasteiger charge is -2.20. The molecule has 0 spiro atoms. The third kappa shape index (κ3) is 3.29. The maximum atomic E-state index is 12.7. The van der Waals surface area contributed by atoms with Crippen molar-refractivity contribution in [2.75, 3.05) is 11.1 Å². The van der Waals surface area contributed by atoms with Crippen molar-refractivity contribution in [3.8, 4) is 0 Å². The number of nitro benzene ring substituents is 1. The van der Waals surface area contributed by atoms with Crippen molar-refractivity contribution in [2.45, 2.75) is 26.2 Å². The minimum Gasteiger partial charge on any atom is -0.397 e. The van der Waals surface area contributed by atoms with Crippen LogP contribution in [0.5, 0.6) is 0 Å². The number of carbonyl (C=O) groups is 1. The summed E-state index contributed by atoms with van der Waals surface area (Å²) in [6.07, 6.45) is 3.00. The largest absolute Gasteiger partial charge is 0.397 e. The molecule has 2 heterocycles. The second-order valence-electron chi connectivity index (χ2n) is 7.02. The number of nitro groups is 1. The lowest BCUT2D eigenvalue weighted by Crippen LogP contribution is -2.13. The van der Waals surface area contributed by atoms with Crippen molar-refractivity contribution in [1.82, 2.24) is 4.98 Å². The molecule has 1 aliphatic carbocycles. The van der Waals surface area contributed by atoms with Gasteiger partial charge in [-0.25, -0.2) is 4.98 Å². The van der Waals surface area contributed by atoms with Gasteiger partial charge in [0.2, 0.25) is 0 Å². The van der Waals surface area contributed by atoms with E-state index >= 15 is 0 Å². The SMILES string of the molecule is CC1CCc2nc3sc(C(=O)Nc4ccc(Cl)c([N+](=O)[O-])c4)c(N)c3cc2C1. The number of pyridine rings is 1. The minimum atomic E-state index is -0.596. The van der Waals surface area contributed by atoms with Crippen molar-refractivity contribution in [3.05, 3.63) is 55.5 Å². The van der Waals surface area contributed by atoms with Gasteiger partial charge in [-0.3, -0.25) is 14.9 Å². The number of amides is 1. The molecule has 0 radical (unpaired) electrons. The van der Waals surface area contributed by atoms with Crippen molar-refractivity contribution >= 4 is 56.1 Å². The first kappa shape index (κ1) is 18.6. The highest BCUT2D eigenvalue weighted by Gasteiger charge is 2.23. The molecule has 3 aromatic rings. The molecule has 1 amide bonds. The van der Waals surface area contributed by atoms with Crippen LogP contribution in [0.3, 0.4) is 0 Å². The Labute approximate surface area is 169 Å². The fourth-order valence-corrected chi connectivity index (χ4v) is 4.64. The molecule has 3 N–H and O–H groups in total. The van der Waals surface area contributed by atoms with E-state index in [4.69, 9.17) is 22.3 Å². The lowest BCUT2D eigenvalue weighted by atomic mass is 9.87. The van der Waals surface area contributed by atoms with E-state index in [0.29, 0.717) is 16.5 Å². The molecule has 1 aliphatic rings. The molecule has 0 saturated heterocycles. The fourth-order valence-electron chi connectivity index (χ4n) is 3.46. The van der Waals surface area contributed by atoms with Crippen LogP contribution in [0.4, 0.5) is 17.1 Å². The van der Waals surface area contributed by atoms with E-state index in [2.05, 4.69) is 12.2 Å². The Morgan fingerprint density at radius 2 is 2.21 bits per heavy atom. The van der Waals surface area contributed by atoms with Gasteiger partial charge in [0.05, 0.1) is 10.6 Å². The van der Waals surface area contributed by atoms with Gasteiger partial charge in [-0.2, -0.15) is 0 Å². The monoisotopic (exact) mass is 416 g/mol. The van der Waals surface area contributed by atoms with Crippen LogP contribution in [0.1, 0.15) is 34.3 Å². The normalized spacial score (nSPS) is 16.0. The number of nitrogen functional groups attached to an aromatic ring is 1. The van der Waals surface area contributed by atoms with E-state index in [1.165, 1.54) is 35.1 Å². The Bertz CT molecular complexity index is 1130. The van der Waals surface area contributed by atoms with Crippen LogP contribution < -0.4 is 11.1 Å². The number of aromatic nitrogens is 1. The summed E-state index contributed by atoms with van der Waals surface area (Å²) in [5.41, 5.74) is 8.90. The second kappa shape index (κ2) is 7.03. The summed E-state index contributed by atoms with van der Waals surface area (Å²) < 4.78 is 0. The number of halogens is 1. The maximum absolute atomic E-state index is 12.7. The number of hydrogen-bond acceptors (Lipinski definition) is 6. The predicted octanol–water partition coefficient (Wildman–Crippen LogP) is 4.82. The highest BCUT2D eigenvalue weighted by atomic mass is 35.5. The molecule has 28 heavy (non-hydrogen) atoms. The number of hydrogen-bond donors (Lipinski definition) is 2. The summed E-state index contributed by atoms with van der Waals surface area (Å²) >= 11 is 7.05. The van der Waals surface area contributed by atoms with Crippen LogP contribution in [0.15, 0.2) is 24.3 Å². The maximum Gasteiger partial charge on any atom is 0.289 e. The Hall–Kier alpha value is -2.71. The van der Waals surface area contributed by atoms with Gasteiger partial charge in [0.25, 0.3) is 11.6 Å². The molecule has 1 atom stereocenters. The molecule has 0 aliphatic heterocycles. The zero-order chi connectivity index (χ0) is 20.0. The number of nitrogens with two attached hydrogens (primary N) is 1. The molecule has 9 heteroatoms. The highest BCUT2D eigenvalue weighted by Crippen LogP contribution is 2.37. The van der Waals surface area contributed by atoms with Gasteiger partial charge < -0.3 is 11.1 Å². The zero-order valence-corrected chi connectivity index (χ0v) is 16.6. The van der Waals surface area contributed by atoms with E-state index in [1.807, 2.05) is 6.07 Å². The Morgan fingerprint density at radius 3 is 2.96 bits per heavy atom. The smallest absolute Gasteiger partial charge is 0.289 e. The van der Waals surface area contributed by atoms with Crippen molar-refractivity contribution in [3.63, 3.8) is 0 Å². The summed E-state index contributed by atoms with van der Waals surface area (Å²) in [5.74, 6) is 0.179. The van der Waals surface area contributed by atoms with Crippen LogP contribution >= 0.6 is 22.9 Å². The molecular formula is C19H17ClN4O3S. The third-order valence-electron chi connectivity index (χ3n) is 4.94. The van der Waals surface area contributed by atoms with E-state index in [0.717, 1.165) is 35.2 Å². The Balaban J connectivity index is 1.67. The lowest BCUT2D eigenvalue weighted by molar-refractivity contribution is -0.384. The van der Waals surface area contributed by atoms with Crippen molar-refractivity contribution < 1.29 is 9.72 Å². The van der Waals surface area contributed by atoms with E-state index in [9.17, 15) is 14.9 Å². The van der Waals surface area contributed by atoms with Gasteiger partial charge in [0, 0.05) is 22.8 Å². The number of anilines is 2. The van der Waals surface area contributed by atoms with Gasteiger partial charge in [-0.1, -0.05) is 18.5 Å². The number of nitrogens with zero attached hydrogens (tertiary/aromatic N) is 2. The van der Waals surface area contributed by atoms with Crippen LogP contribution in [0.25, 0.3) is 10.2 Å². The van der Waals surface area contributed by atoms with Gasteiger partial charge in [-0.05, 0) is 48.9 Å². The standard InChI is InChI=1S/C19H17ClN4O3S/c1-9-2-5-14-10(6-9)7-12-16(21)17(28-19(12)23-14)18(25)22-11-3-4-13(20)15(8-11)24(26)27/h3-4,7-9H,2,5-6,21H2,1H3,(H,22,25). The summed E-state index contributed by atoms with van der Waals surface area (Å²) in [5, 5.41) is 14.5. The quantitative estimate of drug-likeness (QED) is 0.469. The summed E-state index contributed by atoms with van der Waals surface area (Å²) in [4.78, 5) is 29.0. The Morgan fingerprint density at radius 1 is 1.43 bits per heavy atom. The predicted molar refractivity (Wildman–Crippen MR) is 111 cm³/mol. The molecule has 0 fully saturated rings. The molecule has 144 valence electrons. The summed E-state index contributed by atoms with van der Waals surface area (Å²) in [6.45, 7) is 2.22. The minimum absolute atomic E-state index is 0.00776. The van der Waals surface area contributed by atoms with Crippen molar-refractivity contribution in [2.24, 2.45) is 5.92 Å². The molecule has 7 nitrogen and oxygen atoms in total. The van der Waals surface area contributed by atoms with Gasteiger partial charge in [0.15, 0.2) is 0 Å².